The molecule has 0 saturated carbocycles. The molecular formula is C15H21F2N. The number of hydrogen-bond donors (Lipinski definition) is 1. The SMILES string of the molecule is Cc1cc(F)cc(C(C)(F)CC2CCCCN2)c1. The number of piperidine rings is 1. The minimum absolute atomic E-state index is 0.206. The molecule has 0 bridgehead atoms. The van der Waals surface area contributed by atoms with Gasteiger partial charge in [0.1, 0.15) is 11.5 Å². The summed E-state index contributed by atoms with van der Waals surface area (Å²) in [4.78, 5) is 0. The quantitative estimate of drug-likeness (QED) is 0.862. The topological polar surface area (TPSA) is 12.0 Å². The maximum absolute atomic E-state index is 14.8. The van der Waals surface area contributed by atoms with Crippen LogP contribution >= 0.6 is 0 Å². The minimum Gasteiger partial charge on any atom is -0.314 e. The van der Waals surface area contributed by atoms with Crippen molar-refractivity contribution in [2.24, 2.45) is 0 Å². The van der Waals surface area contributed by atoms with Gasteiger partial charge < -0.3 is 5.32 Å². The summed E-state index contributed by atoms with van der Waals surface area (Å²) >= 11 is 0. The van der Waals surface area contributed by atoms with E-state index in [1.54, 1.807) is 19.9 Å². The van der Waals surface area contributed by atoms with E-state index in [-0.39, 0.29) is 11.9 Å². The third kappa shape index (κ3) is 3.29. The van der Waals surface area contributed by atoms with Crippen LogP contribution in [0.25, 0.3) is 0 Å². The Labute approximate surface area is 108 Å². The highest BCUT2D eigenvalue weighted by atomic mass is 19.1. The van der Waals surface area contributed by atoms with Crippen molar-refractivity contribution in [1.29, 1.82) is 0 Å². The lowest BCUT2D eigenvalue weighted by Gasteiger charge is -2.30. The van der Waals surface area contributed by atoms with E-state index in [4.69, 9.17) is 0 Å². The van der Waals surface area contributed by atoms with Gasteiger partial charge in [0.2, 0.25) is 0 Å². The predicted molar refractivity (Wildman–Crippen MR) is 69.9 cm³/mol. The average molecular weight is 253 g/mol. The Morgan fingerprint density at radius 3 is 2.72 bits per heavy atom. The molecule has 0 aromatic heterocycles. The van der Waals surface area contributed by atoms with E-state index in [2.05, 4.69) is 5.32 Å². The van der Waals surface area contributed by atoms with E-state index in [9.17, 15) is 8.78 Å². The molecule has 0 amide bonds. The van der Waals surface area contributed by atoms with E-state index >= 15 is 0 Å². The molecule has 18 heavy (non-hydrogen) atoms. The van der Waals surface area contributed by atoms with Crippen molar-refractivity contribution >= 4 is 0 Å². The normalized spacial score (nSPS) is 23.7. The lowest BCUT2D eigenvalue weighted by molar-refractivity contribution is 0.145. The molecule has 1 aliphatic heterocycles. The number of nitrogens with one attached hydrogen (secondary N) is 1. The first kappa shape index (κ1) is 13.5. The summed E-state index contributed by atoms with van der Waals surface area (Å²) in [5.41, 5.74) is -0.250. The van der Waals surface area contributed by atoms with Crippen LogP contribution in [0.2, 0.25) is 0 Å². The Bertz CT molecular complexity index is 389. The molecule has 1 saturated heterocycles. The van der Waals surface area contributed by atoms with E-state index in [0.29, 0.717) is 12.0 Å². The zero-order valence-corrected chi connectivity index (χ0v) is 11.1. The van der Waals surface area contributed by atoms with Crippen molar-refractivity contribution in [1.82, 2.24) is 5.32 Å². The lowest BCUT2D eigenvalue weighted by atomic mass is 9.87. The van der Waals surface area contributed by atoms with Crippen molar-refractivity contribution in [3.8, 4) is 0 Å². The summed E-state index contributed by atoms with van der Waals surface area (Å²) in [6.07, 6.45) is 3.73. The molecule has 2 atom stereocenters. The zero-order chi connectivity index (χ0) is 13.2. The lowest BCUT2D eigenvalue weighted by Crippen LogP contribution is -2.38. The van der Waals surface area contributed by atoms with E-state index in [1.165, 1.54) is 18.6 Å². The first-order chi connectivity index (χ1) is 8.47. The van der Waals surface area contributed by atoms with Crippen molar-refractivity contribution in [2.45, 2.75) is 51.2 Å². The van der Waals surface area contributed by atoms with Crippen molar-refractivity contribution in [3.63, 3.8) is 0 Å². The number of alkyl halides is 1. The van der Waals surface area contributed by atoms with Gasteiger partial charge in [0.25, 0.3) is 0 Å². The van der Waals surface area contributed by atoms with Gasteiger partial charge in [0.05, 0.1) is 0 Å². The number of hydrogen-bond acceptors (Lipinski definition) is 1. The highest BCUT2D eigenvalue weighted by molar-refractivity contribution is 5.28. The van der Waals surface area contributed by atoms with Crippen LogP contribution in [0.3, 0.4) is 0 Å². The molecule has 1 N–H and O–H groups in total. The predicted octanol–water partition coefficient (Wildman–Crippen LogP) is 3.85. The van der Waals surface area contributed by atoms with Crippen LogP contribution in [-0.2, 0) is 5.67 Å². The van der Waals surface area contributed by atoms with Gasteiger partial charge in [0, 0.05) is 12.5 Å². The van der Waals surface area contributed by atoms with Crippen molar-refractivity contribution < 1.29 is 8.78 Å². The van der Waals surface area contributed by atoms with Crippen LogP contribution < -0.4 is 5.32 Å². The molecule has 1 aromatic rings. The van der Waals surface area contributed by atoms with Gasteiger partial charge in [-0.25, -0.2) is 8.78 Å². The second kappa shape index (κ2) is 5.35. The number of benzene rings is 1. The summed E-state index contributed by atoms with van der Waals surface area (Å²) in [6.45, 7) is 4.31. The van der Waals surface area contributed by atoms with Crippen LogP contribution in [0.5, 0.6) is 0 Å². The number of rotatable bonds is 3. The highest BCUT2D eigenvalue weighted by Gasteiger charge is 2.30. The molecule has 100 valence electrons. The molecular weight excluding hydrogens is 232 g/mol. The molecule has 3 heteroatoms. The van der Waals surface area contributed by atoms with Crippen molar-refractivity contribution in [2.75, 3.05) is 6.54 Å². The fourth-order valence-corrected chi connectivity index (χ4v) is 2.72. The molecule has 2 rings (SSSR count). The summed E-state index contributed by atoms with van der Waals surface area (Å²) in [7, 11) is 0. The van der Waals surface area contributed by atoms with Crippen molar-refractivity contribution in [3.05, 3.63) is 35.1 Å². The van der Waals surface area contributed by atoms with Gasteiger partial charge in [-0.15, -0.1) is 0 Å². The summed E-state index contributed by atoms with van der Waals surface area (Å²) in [5, 5.41) is 3.34. The second-order valence-corrected chi connectivity index (χ2v) is 5.57. The first-order valence-corrected chi connectivity index (χ1v) is 6.67. The van der Waals surface area contributed by atoms with Gasteiger partial charge >= 0.3 is 0 Å². The number of halogens is 2. The van der Waals surface area contributed by atoms with Crippen LogP contribution in [0.4, 0.5) is 8.78 Å². The maximum atomic E-state index is 14.8. The van der Waals surface area contributed by atoms with Gasteiger partial charge in [-0.3, -0.25) is 0 Å². The monoisotopic (exact) mass is 253 g/mol. The molecule has 1 aromatic carbocycles. The Morgan fingerprint density at radius 1 is 1.33 bits per heavy atom. The van der Waals surface area contributed by atoms with Gasteiger partial charge in [-0.05, 0) is 56.5 Å². The third-order valence-electron chi connectivity index (χ3n) is 3.69. The second-order valence-electron chi connectivity index (χ2n) is 5.57. The fourth-order valence-electron chi connectivity index (χ4n) is 2.72. The molecule has 2 unspecified atom stereocenters. The average Bonchev–Trinajstić information content (AvgIpc) is 2.28. The van der Waals surface area contributed by atoms with Gasteiger partial charge in [-0.1, -0.05) is 12.5 Å². The van der Waals surface area contributed by atoms with Crippen LogP contribution in [0, 0.1) is 12.7 Å². The molecule has 0 radical (unpaired) electrons. The van der Waals surface area contributed by atoms with E-state index < -0.39 is 5.67 Å². The Hall–Kier alpha value is -0.960. The Kier molecular flexibility index (Phi) is 4.00. The van der Waals surface area contributed by atoms with Crippen LogP contribution in [-0.4, -0.2) is 12.6 Å². The van der Waals surface area contributed by atoms with Gasteiger partial charge in [-0.2, -0.15) is 0 Å². The molecule has 1 fully saturated rings. The summed E-state index contributed by atoms with van der Waals surface area (Å²) < 4.78 is 28.1. The first-order valence-electron chi connectivity index (χ1n) is 6.67. The fraction of sp³-hybridized carbons (Fsp3) is 0.600. The minimum atomic E-state index is -1.47. The smallest absolute Gasteiger partial charge is 0.134 e. The summed E-state index contributed by atoms with van der Waals surface area (Å²) in [6, 6.07) is 4.69. The van der Waals surface area contributed by atoms with E-state index in [1.807, 2.05) is 0 Å². The molecule has 1 nitrogen and oxygen atoms in total. The molecule has 0 spiro atoms. The van der Waals surface area contributed by atoms with E-state index in [0.717, 1.165) is 24.9 Å². The third-order valence-corrected chi connectivity index (χ3v) is 3.69. The van der Waals surface area contributed by atoms with Gasteiger partial charge in [0.15, 0.2) is 0 Å². The molecule has 0 aliphatic carbocycles. The molecule has 1 heterocycles. The van der Waals surface area contributed by atoms with Crippen LogP contribution in [0.1, 0.15) is 43.7 Å². The highest BCUT2D eigenvalue weighted by Crippen LogP contribution is 2.33. The standard InChI is InChI=1S/C15H21F2N/c1-11-7-12(9-13(16)8-11)15(2,17)10-14-5-3-4-6-18-14/h7-9,14,18H,3-6,10H2,1-2H3. The summed E-state index contributed by atoms with van der Waals surface area (Å²) in [5.74, 6) is -0.356. The van der Waals surface area contributed by atoms with Crippen LogP contribution in [0.15, 0.2) is 18.2 Å². The maximum Gasteiger partial charge on any atom is 0.134 e. The Morgan fingerprint density at radius 2 is 2.11 bits per heavy atom. The number of aryl methyl sites for hydroxylation is 1. The molecule has 1 aliphatic rings. The largest absolute Gasteiger partial charge is 0.314 e. The zero-order valence-electron chi connectivity index (χ0n) is 11.1. The Balaban J connectivity index is 2.13.